The van der Waals surface area contributed by atoms with Gasteiger partial charge in [-0.1, -0.05) is 30.3 Å². The van der Waals surface area contributed by atoms with Gasteiger partial charge in [0.1, 0.15) is 5.82 Å². The molecule has 138 valence electrons. The normalized spacial score (nSPS) is 17.8. The van der Waals surface area contributed by atoms with Gasteiger partial charge in [0.25, 0.3) is 0 Å². The third kappa shape index (κ3) is 5.36. The average Bonchev–Trinajstić information content (AvgIpc) is 2.62. The maximum absolute atomic E-state index is 12.3. The molecule has 5 nitrogen and oxygen atoms in total. The van der Waals surface area contributed by atoms with Gasteiger partial charge in [0.05, 0.1) is 6.54 Å². The van der Waals surface area contributed by atoms with Crippen LogP contribution in [-0.2, 0) is 11.2 Å². The summed E-state index contributed by atoms with van der Waals surface area (Å²) in [5.41, 5.74) is 3.32. The Kier molecular flexibility index (Phi) is 6.34. The molecule has 0 bridgehead atoms. The highest BCUT2D eigenvalue weighted by Crippen LogP contribution is 2.26. The van der Waals surface area contributed by atoms with Gasteiger partial charge in [-0.3, -0.25) is 9.69 Å². The van der Waals surface area contributed by atoms with Gasteiger partial charge in [0.15, 0.2) is 0 Å². The van der Waals surface area contributed by atoms with Gasteiger partial charge >= 0.3 is 0 Å². The van der Waals surface area contributed by atoms with Crippen LogP contribution < -0.4 is 5.32 Å². The van der Waals surface area contributed by atoms with Crippen LogP contribution in [0.4, 0.5) is 0 Å². The standard InChI is InChI=1S/C21H28N4O/c1-16-13-17(2)24-20(23-16)10-11-22-21(26)15-25-12-6-9-19(14-25)18-7-4-3-5-8-18/h3-5,7-8,13,19H,6,9-12,14-15H2,1-2H3,(H,22,26)/t19-/m1/s1. The number of benzene rings is 1. The molecule has 1 N–H and O–H groups in total. The summed E-state index contributed by atoms with van der Waals surface area (Å²) in [6.45, 7) is 6.94. The van der Waals surface area contributed by atoms with E-state index in [2.05, 4.69) is 50.5 Å². The number of nitrogens with one attached hydrogen (secondary N) is 1. The second-order valence-corrected chi connectivity index (χ2v) is 7.15. The number of amides is 1. The summed E-state index contributed by atoms with van der Waals surface area (Å²) in [6.07, 6.45) is 3.01. The number of aromatic nitrogens is 2. The minimum absolute atomic E-state index is 0.0862. The van der Waals surface area contributed by atoms with Crippen LogP contribution in [0.1, 0.15) is 41.5 Å². The maximum Gasteiger partial charge on any atom is 0.234 e. The monoisotopic (exact) mass is 352 g/mol. The number of hydrogen-bond donors (Lipinski definition) is 1. The van der Waals surface area contributed by atoms with Gasteiger partial charge in [0.2, 0.25) is 5.91 Å². The zero-order valence-corrected chi connectivity index (χ0v) is 15.7. The van der Waals surface area contributed by atoms with Crippen molar-refractivity contribution in [3.8, 4) is 0 Å². The molecule has 1 aromatic heterocycles. The van der Waals surface area contributed by atoms with E-state index < -0.39 is 0 Å². The van der Waals surface area contributed by atoms with Crippen LogP contribution in [-0.4, -0.2) is 47.0 Å². The molecule has 0 aliphatic carbocycles. The third-order valence-corrected chi connectivity index (χ3v) is 4.84. The van der Waals surface area contributed by atoms with Crippen molar-refractivity contribution in [1.29, 1.82) is 0 Å². The van der Waals surface area contributed by atoms with E-state index in [-0.39, 0.29) is 5.91 Å². The fourth-order valence-corrected chi connectivity index (χ4v) is 3.68. The molecule has 1 aliphatic rings. The predicted molar refractivity (Wildman–Crippen MR) is 103 cm³/mol. The van der Waals surface area contributed by atoms with Crippen LogP contribution >= 0.6 is 0 Å². The lowest BCUT2D eigenvalue weighted by atomic mass is 9.91. The number of carbonyl (C=O) groups is 1. The van der Waals surface area contributed by atoms with Crippen molar-refractivity contribution in [3.05, 3.63) is 59.2 Å². The first kappa shape index (κ1) is 18.5. The van der Waals surface area contributed by atoms with Crippen LogP contribution in [0.25, 0.3) is 0 Å². The van der Waals surface area contributed by atoms with Crippen molar-refractivity contribution in [2.45, 2.75) is 39.0 Å². The Balaban J connectivity index is 1.44. The average molecular weight is 352 g/mol. The van der Waals surface area contributed by atoms with Crippen molar-refractivity contribution in [3.63, 3.8) is 0 Å². The quantitative estimate of drug-likeness (QED) is 0.868. The second-order valence-electron chi connectivity index (χ2n) is 7.15. The molecule has 3 rings (SSSR count). The molecular weight excluding hydrogens is 324 g/mol. The molecule has 0 spiro atoms. The zero-order valence-electron chi connectivity index (χ0n) is 15.7. The Bertz CT molecular complexity index is 712. The summed E-state index contributed by atoms with van der Waals surface area (Å²) in [5, 5.41) is 3.01. The first-order valence-electron chi connectivity index (χ1n) is 9.45. The zero-order chi connectivity index (χ0) is 18.4. The molecule has 1 fully saturated rings. The molecule has 1 atom stereocenters. The SMILES string of the molecule is Cc1cc(C)nc(CCNC(=O)CN2CCC[C@@H](c3ccccc3)C2)n1. The summed E-state index contributed by atoms with van der Waals surface area (Å²) in [4.78, 5) is 23.4. The van der Waals surface area contributed by atoms with Crippen LogP contribution in [0.2, 0.25) is 0 Å². The summed E-state index contributed by atoms with van der Waals surface area (Å²) >= 11 is 0. The van der Waals surface area contributed by atoms with E-state index in [0.717, 1.165) is 36.7 Å². The number of likely N-dealkylation sites (tertiary alicyclic amines) is 1. The van der Waals surface area contributed by atoms with Gasteiger partial charge in [-0.25, -0.2) is 9.97 Å². The largest absolute Gasteiger partial charge is 0.355 e. The predicted octanol–water partition coefficient (Wildman–Crippen LogP) is 2.63. The van der Waals surface area contributed by atoms with Crippen LogP contribution in [0.15, 0.2) is 36.4 Å². The number of carbonyl (C=O) groups excluding carboxylic acids is 1. The van der Waals surface area contributed by atoms with Gasteiger partial charge in [-0.2, -0.15) is 0 Å². The van der Waals surface area contributed by atoms with E-state index in [1.165, 1.54) is 12.0 Å². The van der Waals surface area contributed by atoms with Crippen molar-refractivity contribution >= 4 is 5.91 Å². The van der Waals surface area contributed by atoms with Gasteiger partial charge < -0.3 is 5.32 Å². The van der Waals surface area contributed by atoms with E-state index in [4.69, 9.17) is 0 Å². The minimum Gasteiger partial charge on any atom is -0.355 e. The lowest BCUT2D eigenvalue weighted by Gasteiger charge is -2.32. The Hall–Kier alpha value is -2.27. The minimum atomic E-state index is 0.0862. The molecule has 5 heteroatoms. The Morgan fingerprint density at radius 3 is 2.65 bits per heavy atom. The van der Waals surface area contributed by atoms with Gasteiger partial charge in [0, 0.05) is 30.9 Å². The molecule has 2 heterocycles. The fourth-order valence-electron chi connectivity index (χ4n) is 3.68. The highest BCUT2D eigenvalue weighted by Gasteiger charge is 2.22. The first-order valence-corrected chi connectivity index (χ1v) is 9.45. The highest BCUT2D eigenvalue weighted by molar-refractivity contribution is 5.78. The summed E-state index contributed by atoms with van der Waals surface area (Å²) in [5.74, 6) is 1.41. The van der Waals surface area contributed by atoms with Gasteiger partial charge in [-0.15, -0.1) is 0 Å². The molecule has 1 aromatic carbocycles. The molecule has 0 saturated carbocycles. The molecule has 1 aliphatic heterocycles. The fraction of sp³-hybridized carbons (Fsp3) is 0.476. The van der Waals surface area contributed by atoms with Crippen molar-refractivity contribution in [2.75, 3.05) is 26.2 Å². The van der Waals surface area contributed by atoms with Crippen molar-refractivity contribution in [2.24, 2.45) is 0 Å². The number of piperidine rings is 1. The lowest BCUT2D eigenvalue weighted by Crippen LogP contribution is -2.42. The maximum atomic E-state index is 12.3. The molecule has 1 amide bonds. The Labute approximate surface area is 155 Å². The van der Waals surface area contributed by atoms with Crippen molar-refractivity contribution in [1.82, 2.24) is 20.2 Å². The van der Waals surface area contributed by atoms with E-state index in [1.807, 2.05) is 19.9 Å². The summed E-state index contributed by atoms with van der Waals surface area (Å²) < 4.78 is 0. The van der Waals surface area contributed by atoms with Crippen LogP contribution in [0.5, 0.6) is 0 Å². The second kappa shape index (κ2) is 8.90. The first-order chi connectivity index (χ1) is 12.6. The topological polar surface area (TPSA) is 58.1 Å². The number of hydrogen-bond acceptors (Lipinski definition) is 4. The molecule has 26 heavy (non-hydrogen) atoms. The number of rotatable bonds is 6. The molecule has 2 aromatic rings. The summed E-state index contributed by atoms with van der Waals surface area (Å²) in [7, 11) is 0. The van der Waals surface area contributed by atoms with E-state index in [9.17, 15) is 4.79 Å². The highest BCUT2D eigenvalue weighted by atomic mass is 16.2. The Morgan fingerprint density at radius 2 is 1.92 bits per heavy atom. The molecular formula is C21H28N4O. The third-order valence-electron chi connectivity index (χ3n) is 4.84. The molecule has 1 saturated heterocycles. The van der Waals surface area contributed by atoms with E-state index in [0.29, 0.717) is 25.4 Å². The van der Waals surface area contributed by atoms with Crippen molar-refractivity contribution < 1.29 is 4.79 Å². The van der Waals surface area contributed by atoms with E-state index in [1.54, 1.807) is 0 Å². The van der Waals surface area contributed by atoms with Gasteiger partial charge in [-0.05, 0) is 50.8 Å². The number of aryl methyl sites for hydroxylation is 2. The smallest absolute Gasteiger partial charge is 0.234 e. The molecule has 0 unspecified atom stereocenters. The summed E-state index contributed by atoms with van der Waals surface area (Å²) in [6, 6.07) is 12.6. The lowest BCUT2D eigenvalue weighted by molar-refractivity contribution is -0.122. The van der Waals surface area contributed by atoms with E-state index >= 15 is 0 Å². The molecule has 0 radical (unpaired) electrons. The van der Waals surface area contributed by atoms with Crippen LogP contribution in [0.3, 0.4) is 0 Å². The Morgan fingerprint density at radius 1 is 1.19 bits per heavy atom. The number of nitrogens with zero attached hydrogens (tertiary/aromatic N) is 3. The van der Waals surface area contributed by atoms with Crippen LogP contribution in [0, 0.1) is 13.8 Å².